The van der Waals surface area contributed by atoms with Gasteiger partial charge in [-0.25, -0.2) is 14.6 Å². The van der Waals surface area contributed by atoms with Crippen LogP contribution in [0.5, 0.6) is 0 Å². The van der Waals surface area contributed by atoms with E-state index in [2.05, 4.69) is 52.5 Å². The lowest BCUT2D eigenvalue weighted by molar-refractivity contribution is 0.0944. The molecule has 0 bridgehead atoms. The number of para-hydroxylation sites is 1. The highest BCUT2D eigenvalue weighted by molar-refractivity contribution is 9.10. The molecule has 0 radical (unpaired) electrons. The smallest absolute Gasteiger partial charge is 0.269 e. The summed E-state index contributed by atoms with van der Waals surface area (Å²) in [6, 6.07) is 24.2. The van der Waals surface area contributed by atoms with E-state index in [1.807, 2.05) is 54.6 Å². The topological polar surface area (TPSA) is 109 Å². The number of thiocarbonyl (C=S) groups is 1. The summed E-state index contributed by atoms with van der Waals surface area (Å²) in [5.41, 5.74) is 8.88. The molecule has 178 valence electrons. The van der Waals surface area contributed by atoms with Gasteiger partial charge in [0, 0.05) is 21.4 Å². The average molecular weight is 559 g/mol. The highest BCUT2D eigenvalue weighted by Crippen LogP contribution is 2.25. The number of fused-ring (bicyclic) bond motifs is 1. The molecular formula is C25H19BrN8OS. The zero-order chi connectivity index (χ0) is 24.9. The van der Waals surface area contributed by atoms with Crippen LogP contribution in [0.25, 0.3) is 16.7 Å². The van der Waals surface area contributed by atoms with Crippen molar-refractivity contribution in [1.29, 1.82) is 0 Å². The minimum atomic E-state index is -0.321. The van der Waals surface area contributed by atoms with Crippen LogP contribution >= 0.6 is 28.1 Å². The Bertz CT molecular complexity index is 1540. The van der Waals surface area contributed by atoms with E-state index < -0.39 is 0 Å². The maximum absolute atomic E-state index is 12.5. The normalized spacial score (nSPS) is 10.6. The third-order valence-electron chi connectivity index (χ3n) is 5.15. The molecule has 2 aromatic heterocycles. The van der Waals surface area contributed by atoms with Crippen LogP contribution in [0.3, 0.4) is 0 Å². The first-order chi connectivity index (χ1) is 17.6. The predicted molar refractivity (Wildman–Crippen MR) is 147 cm³/mol. The number of rotatable bonds is 5. The molecule has 2 heterocycles. The highest BCUT2D eigenvalue weighted by atomic mass is 79.9. The van der Waals surface area contributed by atoms with Gasteiger partial charge in [-0.2, -0.15) is 5.10 Å². The van der Waals surface area contributed by atoms with E-state index in [0.717, 1.165) is 26.9 Å². The average Bonchev–Trinajstić information content (AvgIpc) is 3.34. The Balaban J connectivity index is 1.24. The summed E-state index contributed by atoms with van der Waals surface area (Å²) in [6.07, 6.45) is 3.21. The second kappa shape index (κ2) is 10.5. The van der Waals surface area contributed by atoms with Crippen molar-refractivity contribution in [2.75, 3.05) is 10.6 Å². The van der Waals surface area contributed by atoms with Gasteiger partial charge in [-0.1, -0.05) is 40.2 Å². The number of nitrogens with one attached hydrogen (secondary N) is 4. The van der Waals surface area contributed by atoms with Gasteiger partial charge in [0.2, 0.25) is 0 Å². The van der Waals surface area contributed by atoms with Crippen molar-refractivity contribution in [2.45, 2.75) is 0 Å². The van der Waals surface area contributed by atoms with E-state index in [9.17, 15) is 4.79 Å². The number of nitrogens with zero attached hydrogens (tertiary/aromatic N) is 4. The van der Waals surface area contributed by atoms with E-state index >= 15 is 0 Å². The molecule has 0 spiro atoms. The molecule has 0 atom stereocenters. The van der Waals surface area contributed by atoms with Crippen molar-refractivity contribution < 1.29 is 4.79 Å². The van der Waals surface area contributed by atoms with Crippen molar-refractivity contribution in [1.82, 2.24) is 30.6 Å². The molecule has 5 rings (SSSR count). The summed E-state index contributed by atoms with van der Waals surface area (Å²) in [5.74, 6) is 0.288. The fourth-order valence-electron chi connectivity index (χ4n) is 3.45. The Morgan fingerprint density at radius 3 is 2.47 bits per heavy atom. The zero-order valence-corrected chi connectivity index (χ0v) is 21.0. The summed E-state index contributed by atoms with van der Waals surface area (Å²) >= 11 is 8.70. The van der Waals surface area contributed by atoms with Gasteiger partial charge in [-0.05, 0) is 66.8 Å². The molecule has 36 heavy (non-hydrogen) atoms. The lowest BCUT2D eigenvalue weighted by Crippen LogP contribution is -2.43. The second-order valence-electron chi connectivity index (χ2n) is 7.60. The van der Waals surface area contributed by atoms with Crippen LogP contribution in [0.15, 0.2) is 95.9 Å². The number of benzene rings is 3. The van der Waals surface area contributed by atoms with Gasteiger partial charge in [-0.3, -0.25) is 15.6 Å². The van der Waals surface area contributed by atoms with Gasteiger partial charge in [0.05, 0.1) is 17.3 Å². The van der Waals surface area contributed by atoms with Crippen LogP contribution in [-0.4, -0.2) is 30.8 Å². The Hall–Kier alpha value is -4.35. The minimum Gasteiger partial charge on any atom is -0.340 e. The number of hydrogen-bond acceptors (Lipinski definition) is 6. The third-order valence-corrected chi connectivity index (χ3v) is 5.85. The summed E-state index contributed by atoms with van der Waals surface area (Å²) in [4.78, 5) is 21.3. The molecule has 11 heteroatoms. The van der Waals surface area contributed by atoms with E-state index in [0.29, 0.717) is 17.0 Å². The Kier molecular flexibility index (Phi) is 6.83. The maximum Gasteiger partial charge on any atom is 0.269 e. The maximum atomic E-state index is 12.5. The first-order valence-electron chi connectivity index (χ1n) is 10.8. The molecule has 3 aromatic carbocycles. The molecule has 0 aliphatic heterocycles. The van der Waals surface area contributed by atoms with Crippen molar-refractivity contribution in [3.05, 3.63) is 101 Å². The van der Waals surface area contributed by atoms with Crippen LogP contribution in [0.4, 0.5) is 17.2 Å². The van der Waals surface area contributed by atoms with E-state index in [1.54, 1.807) is 35.1 Å². The van der Waals surface area contributed by atoms with E-state index in [4.69, 9.17) is 12.2 Å². The lowest BCUT2D eigenvalue weighted by Gasteiger charge is -2.12. The van der Waals surface area contributed by atoms with Gasteiger partial charge >= 0.3 is 0 Å². The molecule has 4 N–H and O–H groups in total. The van der Waals surface area contributed by atoms with Gasteiger partial charge in [0.25, 0.3) is 5.91 Å². The first-order valence-corrected chi connectivity index (χ1v) is 12.0. The van der Waals surface area contributed by atoms with E-state index in [1.165, 1.54) is 6.33 Å². The van der Waals surface area contributed by atoms with Crippen LogP contribution in [0.2, 0.25) is 0 Å². The molecule has 0 aliphatic rings. The van der Waals surface area contributed by atoms with Crippen LogP contribution in [0, 0.1) is 0 Å². The van der Waals surface area contributed by atoms with Gasteiger partial charge in [-0.15, -0.1) is 0 Å². The summed E-state index contributed by atoms with van der Waals surface area (Å²) in [7, 11) is 0. The van der Waals surface area contributed by atoms with Crippen LogP contribution < -0.4 is 21.5 Å². The zero-order valence-electron chi connectivity index (χ0n) is 18.6. The van der Waals surface area contributed by atoms with E-state index in [-0.39, 0.29) is 11.0 Å². The summed E-state index contributed by atoms with van der Waals surface area (Å²) in [6.45, 7) is 0. The molecule has 0 saturated heterocycles. The fourth-order valence-corrected chi connectivity index (χ4v) is 4.01. The molecule has 9 nitrogen and oxygen atoms in total. The first kappa shape index (κ1) is 23.4. The number of aromatic nitrogens is 4. The Morgan fingerprint density at radius 1 is 0.889 bits per heavy atom. The molecule has 1 amide bonds. The van der Waals surface area contributed by atoms with Crippen molar-refractivity contribution in [2.24, 2.45) is 0 Å². The third kappa shape index (κ3) is 5.32. The predicted octanol–water partition coefficient (Wildman–Crippen LogP) is 4.95. The van der Waals surface area contributed by atoms with Crippen LogP contribution in [-0.2, 0) is 0 Å². The number of carbonyl (C=O) groups excluding carboxylic acids is 1. The number of hydrazine groups is 1. The number of carbonyl (C=O) groups is 1. The highest BCUT2D eigenvalue weighted by Gasteiger charge is 2.12. The number of amides is 1. The molecule has 0 fully saturated rings. The largest absolute Gasteiger partial charge is 0.340 e. The monoisotopic (exact) mass is 558 g/mol. The number of halogens is 1. The fraction of sp³-hybridized carbons (Fsp3) is 0. The Labute approximate surface area is 220 Å². The molecule has 5 aromatic rings. The minimum absolute atomic E-state index is 0.282. The standard InChI is InChI=1S/C25H19BrN8OS/c26-17-5-4-8-20(13-17)34-23-21(14-29-34)22(27-15-28-23)30-19-11-9-16(10-12-19)24(35)32-33-25(36)31-18-6-2-1-3-7-18/h1-15H,(H,32,35)(H,27,28,30)(H2,31,33,36). The second-order valence-corrected chi connectivity index (χ2v) is 8.92. The molecule has 0 unspecified atom stereocenters. The Morgan fingerprint density at radius 2 is 1.69 bits per heavy atom. The quantitative estimate of drug-likeness (QED) is 0.177. The van der Waals surface area contributed by atoms with Gasteiger partial charge in [0.15, 0.2) is 10.8 Å². The van der Waals surface area contributed by atoms with Gasteiger partial charge < -0.3 is 10.6 Å². The number of anilines is 3. The van der Waals surface area contributed by atoms with Crippen molar-refractivity contribution in [3.63, 3.8) is 0 Å². The van der Waals surface area contributed by atoms with Crippen molar-refractivity contribution in [3.8, 4) is 5.69 Å². The lowest BCUT2D eigenvalue weighted by atomic mass is 10.2. The van der Waals surface area contributed by atoms with Crippen molar-refractivity contribution >= 4 is 67.4 Å². The van der Waals surface area contributed by atoms with Crippen LogP contribution in [0.1, 0.15) is 10.4 Å². The molecule has 0 aliphatic carbocycles. The summed E-state index contributed by atoms with van der Waals surface area (Å²) < 4.78 is 2.70. The SMILES string of the molecule is O=C(NNC(=S)Nc1ccccc1)c1ccc(Nc2ncnc3c2cnn3-c2cccc(Br)c2)cc1. The molecule has 0 saturated carbocycles. The number of hydrogen-bond donors (Lipinski definition) is 4. The summed E-state index contributed by atoms with van der Waals surface area (Å²) in [5, 5.41) is 11.8. The van der Waals surface area contributed by atoms with Gasteiger partial charge in [0.1, 0.15) is 12.1 Å². The molecular weight excluding hydrogens is 540 g/mol.